The summed E-state index contributed by atoms with van der Waals surface area (Å²) in [5.74, 6) is 1.62. The molecule has 158 valence electrons. The third-order valence-corrected chi connectivity index (χ3v) is 5.16. The Balaban J connectivity index is 1.72. The second-order valence-corrected chi connectivity index (χ2v) is 7.80. The molecule has 0 fully saturated rings. The van der Waals surface area contributed by atoms with Crippen LogP contribution in [0.1, 0.15) is 90.0 Å². The molecule has 1 aromatic carbocycles. The van der Waals surface area contributed by atoms with Crippen molar-refractivity contribution in [1.82, 2.24) is 9.97 Å². The van der Waals surface area contributed by atoms with Crippen LogP contribution in [0.4, 0.5) is 0 Å². The van der Waals surface area contributed by atoms with Crippen LogP contribution in [0.15, 0.2) is 49.0 Å². The van der Waals surface area contributed by atoms with Gasteiger partial charge in [-0.15, -0.1) is 0 Å². The lowest BCUT2D eigenvalue weighted by Gasteiger charge is -2.05. The molecule has 1 heterocycles. The zero-order valence-corrected chi connectivity index (χ0v) is 18.4. The maximum absolute atomic E-state index is 5.69. The van der Waals surface area contributed by atoms with E-state index in [1.54, 1.807) is 6.26 Å². The van der Waals surface area contributed by atoms with Gasteiger partial charge in [-0.1, -0.05) is 65.2 Å². The summed E-state index contributed by atoms with van der Waals surface area (Å²) >= 11 is 0. The predicted octanol–water partition coefficient (Wildman–Crippen LogP) is 7.91. The Bertz CT molecular complexity index is 677. The van der Waals surface area contributed by atoms with Crippen LogP contribution in [-0.4, -0.2) is 9.97 Å². The van der Waals surface area contributed by atoms with Gasteiger partial charge in [-0.05, 0) is 61.6 Å². The maximum Gasteiger partial charge on any atom is 0.159 e. The maximum atomic E-state index is 5.69. The van der Waals surface area contributed by atoms with Crippen LogP contribution < -0.4 is 4.74 Å². The molecule has 0 bridgehead atoms. The van der Waals surface area contributed by atoms with Crippen molar-refractivity contribution >= 4 is 0 Å². The zero-order valence-electron chi connectivity index (χ0n) is 18.4. The van der Waals surface area contributed by atoms with Crippen molar-refractivity contribution in [3.8, 4) is 17.1 Å². The molecular weight excluding hydrogens is 356 g/mol. The van der Waals surface area contributed by atoms with Gasteiger partial charge in [0.25, 0.3) is 0 Å². The highest BCUT2D eigenvalue weighted by atomic mass is 16.5. The second kappa shape index (κ2) is 14.8. The summed E-state index contributed by atoms with van der Waals surface area (Å²) in [5.41, 5.74) is 2.25. The number of hydrogen-bond acceptors (Lipinski definition) is 3. The standard InChI is InChI=1S/C26H38N2O/c1-3-5-7-9-10-12-14-20-29-25-18-16-24(17-19-25)26-27-21-23(22-28-26)15-13-11-8-6-4-2/h14,16-22H,3-13,15H2,1-2H3/b20-14+. The number of rotatable bonds is 15. The second-order valence-electron chi connectivity index (χ2n) is 7.80. The highest BCUT2D eigenvalue weighted by Gasteiger charge is 2.02. The van der Waals surface area contributed by atoms with Crippen molar-refractivity contribution in [3.05, 3.63) is 54.6 Å². The fourth-order valence-corrected chi connectivity index (χ4v) is 3.31. The third-order valence-electron chi connectivity index (χ3n) is 5.16. The number of unbranched alkanes of at least 4 members (excludes halogenated alkanes) is 9. The predicted molar refractivity (Wildman–Crippen MR) is 123 cm³/mol. The van der Waals surface area contributed by atoms with Gasteiger partial charge in [0.1, 0.15) is 5.75 Å². The van der Waals surface area contributed by atoms with E-state index >= 15 is 0 Å². The van der Waals surface area contributed by atoms with Gasteiger partial charge < -0.3 is 4.74 Å². The van der Waals surface area contributed by atoms with Crippen molar-refractivity contribution in [2.75, 3.05) is 0 Å². The lowest BCUT2D eigenvalue weighted by atomic mass is 10.1. The van der Waals surface area contributed by atoms with E-state index in [1.165, 1.54) is 69.8 Å². The molecule has 0 N–H and O–H groups in total. The molecular formula is C26H38N2O. The Morgan fingerprint density at radius 3 is 2.03 bits per heavy atom. The highest BCUT2D eigenvalue weighted by molar-refractivity contribution is 5.55. The van der Waals surface area contributed by atoms with Crippen molar-refractivity contribution in [1.29, 1.82) is 0 Å². The summed E-state index contributed by atoms with van der Waals surface area (Å²) in [7, 11) is 0. The zero-order chi connectivity index (χ0) is 20.6. The normalized spacial score (nSPS) is 11.2. The van der Waals surface area contributed by atoms with Gasteiger partial charge in [-0.2, -0.15) is 0 Å². The molecule has 0 radical (unpaired) electrons. The van der Waals surface area contributed by atoms with E-state index in [4.69, 9.17) is 4.74 Å². The Morgan fingerprint density at radius 1 is 0.759 bits per heavy atom. The van der Waals surface area contributed by atoms with Crippen LogP contribution in [0.2, 0.25) is 0 Å². The lowest BCUT2D eigenvalue weighted by Crippen LogP contribution is -1.93. The number of benzene rings is 1. The van der Waals surface area contributed by atoms with Crippen LogP contribution >= 0.6 is 0 Å². The van der Waals surface area contributed by atoms with Crippen LogP contribution in [0.3, 0.4) is 0 Å². The first-order chi connectivity index (χ1) is 14.3. The van der Waals surface area contributed by atoms with Crippen molar-refractivity contribution in [2.45, 2.75) is 90.9 Å². The molecule has 0 atom stereocenters. The van der Waals surface area contributed by atoms with E-state index in [9.17, 15) is 0 Å². The minimum atomic E-state index is 0.772. The Morgan fingerprint density at radius 2 is 1.38 bits per heavy atom. The Kier molecular flexibility index (Phi) is 11.8. The number of aryl methyl sites for hydroxylation is 1. The number of aromatic nitrogens is 2. The molecule has 0 amide bonds. The smallest absolute Gasteiger partial charge is 0.159 e. The minimum absolute atomic E-state index is 0.772. The van der Waals surface area contributed by atoms with Gasteiger partial charge in [-0.3, -0.25) is 0 Å². The van der Waals surface area contributed by atoms with Crippen LogP contribution in [-0.2, 0) is 6.42 Å². The number of nitrogens with zero attached hydrogens (tertiary/aromatic N) is 2. The first-order valence-electron chi connectivity index (χ1n) is 11.6. The summed E-state index contributed by atoms with van der Waals surface area (Å²) in [5, 5.41) is 0. The molecule has 29 heavy (non-hydrogen) atoms. The molecule has 3 heteroatoms. The fourth-order valence-electron chi connectivity index (χ4n) is 3.31. The van der Waals surface area contributed by atoms with Gasteiger partial charge in [-0.25, -0.2) is 9.97 Å². The van der Waals surface area contributed by atoms with Crippen molar-refractivity contribution < 1.29 is 4.74 Å². The molecule has 2 aromatic rings. The molecule has 1 aromatic heterocycles. The largest absolute Gasteiger partial charge is 0.465 e. The summed E-state index contributed by atoms with van der Waals surface area (Å²) in [6.07, 6.45) is 23.0. The molecule has 2 rings (SSSR count). The van der Waals surface area contributed by atoms with Gasteiger partial charge in [0.05, 0.1) is 6.26 Å². The fraction of sp³-hybridized carbons (Fsp3) is 0.538. The Labute approximate surface area is 177 Å². The highest BCUT2D eigenvalue weighted by Crippen LogP contribution is 2.20. The van der Waals surface area contributed by atoms with Crippen LogP contribution in [0, 0.1) is 0 Å². The van der Waals surface area contributed by atoms with Crippen molar-refractivity contribution in [2.24, 2.45) is 0 Å². The molecule has 0 aliphatic rings. The molecule has 0 aliphatic heterocycles. The summed E-state index contributed by atoms with van der Waals surface area (Å²) < 4.78 is 5.69. The van der Waals surface area contributed by atoms with Gasteiger partial charge in [0.2, 0.25) is 0 Å². The number of ether oxygens (including phenoxy) is 1. The average Bonchev–Trinajstić information content (AvgIpc) is 2.76. The monoisotopic (exact) mass is 394 g/mol. The Hall–Kier alpha value is -2.16. The van der Waals surface area contributed by atoms with E-state index < -0.39 is 0 Å². The minimum Gasteiger partial charge on any atom is -0.465 e. The van der Waals surface area contributed by atoms with Crippen molar-refractivity contribution in [3.63, 3.8) is 0 Å². The first-order valence-corrected chi connectivity index (χ1v) is 11.6. The number of hydrogen-bond donors (Lipinski definition) is 0. The SMILES string of the molecule is CCCCCCC/C=C/Oc1ccc(-c2ncc(CCCCCCC)cn2)cc1. The molecule has 0 unspecified atom stereocenters. The van der Waals surface area contributed by atoms with E-state index in [1.807, 2.05) is 36.7 Å². The molecule has 0 saturated carbocycles. The van der Waals surface area contributed by atoms with Gasteiger partial charge in [0.15, 0.2) is 5.82 Å². The molecule has 3 nitrogen and oxygen atoms in total. The topological polar surface area (TPSA) is 35.0 Å². The molecule has 0 aliphatic carbocycles. The summed E-state index contributed by atoms with van der Waals surface area (Å²) in [4.78, 5) is 9.09. The average molecular weight is 395 g/mol. The molecule has 0 spiro atoms. The van der Waals surface area contributed by atoms with Crippen LogP contribution in [0.25, 0.3) is 11.4 Å². The van der Waals surface area contributed by atoms with E-state index in [-0.39, 0.29) is 0 Å². The van der Waals surface area contributed by atoms with E-state index in [0.29, 0.717) is 0 Å². The summed E-state index contributed by atoms with van der Waals surface area (Å²) in [6, 6.07) is 8.00. The number of allylic oxidation sites excluding steroid dienone is 1. The summed E-state index contributed by atoms with van der Waals surface area (Å²) in [6.45, 7) is 4.50. The quantitative estimate of drug-likeness (QED) is 0.227. The van der Waals surface area contributed by atoms with E-state index in [2.05, 4.69) is 29.9 Å². The van der Waals surface area contributed by atoms with E-state index in [0.717, 1.165) is 30.0 Å². The van der Waals surface area contributed by atoms with Crippen LogP contribution in [0.5, 0.6) is 5.75 Å². The van der Waals surface area contributed by atoms with Gasteiger partial charge >= 0.3 is 0 Å². The third kappa shape index (κ3) is 9.74. The van der Waals surface area contributed by atoms with Gasteiger partial charge in [0, 0.05) is 18.0 Å². The first kappa shape index (κ1) is 23.1. The lowest BCUT2D eigenvalue weighted by molar-refractivity contribution is 0.477. The molecule has 0 saturated heterocycles.